The van der Waals surface area contributed by atoms with Gasteiger partial charge < -0.3 is 4.90 Å². The first-order chi connectivity index (χ1) is 8.92. The fourth-order valence-electron chi connectivity index (χ4n) is 3.29. The standard InChI is InChI=1S/C14H17N3S/c1-2-12-10-17(8-7-16(12)6-1)14-13-11(3-5-15-14)4-9-18-13/h3-5,9,12H,1-2,6-8,10H2/t12-/m0/s1. The molecule has 0 radical (unpaired) electrons. The third kappa shape index (κ3) is 1.63. The first kappa shape index (κ1) is 10.8. The van der Waals surface area contributed by atoms with Crippen molar-refractivity contribution in [2.75, 3.05) is 31.1 Å². The highest BCUT2D eigenvalue weighted by atomic mass is 32.1. The molecule has 4 rings (SSSR count). The minimum absolute atomic E-state index is 0.760. The van der Waals surface area contributed by atoms with Crippen LogP contribution in [-0.4, -0.2) is 42.1 Å². The van der Waals surface area contributed by atoms with E-state index in [1.165, 1.54) is 41.8 Å². The molecular weight excluding hydrogens is 242 g/mol. The molecule has 2 aliphatic rings. The molecule has 4 heteroatoms. The molecule has 0 amide bonds. The van der Waals surface area contributed by atoms with Gasteiger partial charge in [0.1, 0.15) is 5.82 Å². The number of hydrogen-bond donors (Lipinski definition) is 0. The van der Waals surface area contributed by atoms with Crippen molar-refractivity contribution in [3.05, 3.63) is 23.7 Å². The smallest absolute Gasteiger partial charge is 0.146 e. The van der Waals surface area contributed by atoms with Gasteiger partial charge in [-0.25, -0.2) is 4.98 Å². The van der Waals surface area contributed by atoms with Gasteiger partial charge in [0, 0.05) is 31.9 Å². The predicted octanol–water partition coefficient (Wildman–Crippen LogP) is 2.58. The lowest BCUT2D eigenvalue weighted by atomic mass is 10.1. The highest BCUT2D eigenvalue weighted by molar-refractivity contribution is 7.17. The van der Waals surface area contributed by atoms with Crippen LogP contribution >= 0.6 is 11.3 Å². The number of rotatable bonds is 1. The number of hydrogen-bond acceptors (Lipinski definition) is 4. The second-order valence-corrected chi connectivity index (χ2v) is 6.17. The van der Waals surface area contributed by atoms with Crippen LogP contribution in [0.2, 0.25) is 0 Å². The van der Waals surface area contributed by atoms with E-state index in [9.17, 15) is 0 Å². The van der Waals surface area contributed by atoms with Gasteiger partial charge in [-0.2, -0.15) is 0 Å². The Kier molecular flexibility index (Phi) is 2.52. The molecule has 0 bridgehead atoms. The van der Waals surface area contributed by atoms with E-state index >= 15 is 0 Å². The molecule has 2 aromatic heterocycles. The van der Waals surface area contributed by atoms with Gasteiger partial charge >= 0.3 is 0 Å². The maximum Gasteiger partial charge on any atom is 0.146 e. The van der Waals surface area contributed by atoms with Crippen LogP contribution < -0.4 is 4.90 Å². The maximum atomic E-state index is 4.63. The van der Waals surface area contributed by atoms with Crippen LogP contribution in [-0.2, 0) is 0 Å². The molecule has 2 saturated heterocycles. The minimum atomic E-state index is 0.760. The molecule has 2 aliphatic heterocycles. The number of fused-ring (bicyclic) bond motifs is 2. The summed E-state index contributed by atoms with van der Waals surface area (Å²) in [4.78, 5) is 9.77. The van der Waals surface area contributed by atoms with Gasteiger partial charge in [-0.15, -0.1) is 11.3 Å². The molecule has 1 atom stereocenters. The van der Waals surface area contributed by atoms with Crippen molar-refractivity contribution in [1.82, 2.24) is 9.88 Å². The first-order valence-corrected chi connectivity index (χ1v) is 7.61. The summed E-state index contributed by atoms with van der Waals surface area (Å²) in [6, 6.07) is 5.06. The normalized spacial score (nSPS) is 24.7. The van der Waals surface area contributed by atoms with Crippen molar-refractivity contribution in [3.8, 4) is 0 Å². The average molecular weight is 259 g/mol. The molecule has 0 saturated carbocycles. The van der Waals surface area contributed by atoms with Crippen LogP contribution in [0.15, 0.2) is 23.7 Å². The summed E-state index contributed by atoms with van der Waals surface area (Å²) in [6.45, 7) is 4.79. The Bertz CT molecular complexity index is 565. The molecule has 0 unspecified atom stereocenters. The zero-order chi connectivity index (χ0) is 11.9. The Morgan fingerprint density at radius 2 is 2.22 bits per heavy atom. The zero-order valence-corrected chi connectivity index (χ0v) is 11.2. The van der Waals surface area contributed by atoms with Gasteiger partial charge in [-0.3, -0.25) is 4.90 Å². The third-order valence-corrected chi connectivity index (χ3v) is 5.16. The first-order valence-electron chi connectivity index (χ1n) is 6.73. The summed E-state index contributed by atoms with van der Waals surface area (Å²) in [6.07, 6.45) is 4.68. The quantitative estimate of drug-likeness (QED) is 0.784. The van der Waals surface area contributed by atoms with Crippen LogP contribution in [0.1, 0.15) is 12.8 Å². The summed E-state index contributed by atoms with van der Waals surface area (Å²) in [5, 5.41) is 3.50. The van der Waals surface area contributed by atoms with E-state index in [-0.39, 0.29) is 0 Å². The summed E-state index contributed by atoms with van der Waals surface area (Å²) < 4.78 is 1.35. The number of pyridine rings is 1. The van der Waals surface area contributed by atoms with E-state index in [0.717, 1.165) is 19.1 Å². The van der Waals surface area contributed by atoms with E-state index < -0.39 is 0 Å². The Morgan fingerprint density at radius 1 is 1.22 bits per heavy atom. The monoisotopic (exact) mass is 259 g/mol. The van der Waals surface area contributed by atoms with Crippen molar-refractivity contribution in [1.29, 1.82) is 0 Å². The lowest BCUT2D eigenvalue weighted by Gasteiger charge is -2.38. The van der Waals surface area contributed by atoms with E-state index in [1.807, 2.05) is 17.5 Å². The molecule has 18 heavy (non-hydrogen) atoms. The summed E-state index contributed by atoms with van der Waals surface area (Å²) in [5.74, 6) is 1.20. The number of thiophene rings is 1. The van der Waals surface area contributed by atoms with Crippen LogP contribution in [0.25, 0.3) is 10.1 Å². The minimum Gasteiger partial charge on any atom is -0.353 e. The van der Waals surface area contributed by atoms with Crippen molar-refractivity contribution in [2.24, 2.45) is 0 Å². The number of aromatic nitrogens is 1. The van der Waals surface area contributed by atoms with Gasteiger partial charge in [0.05, 0.1) is 4.70 Å². The van der Waals surface area contributed by atoms with E-state index in [4.69, 9.17) is 0 Å². The lowest BCUT2D eigenvalue weighted by molar-refractivity contribution is 0.230. The van der Waals surface area contributed by atoms with Crippen LogP contribution in [0.3, 0.4) is 0 Å². The van der Waals surface area contributed by atoms with E-state index in [2.05, 4.69) is 32.3 Å². The molecule has 0 N–H and O–H groups in total. The predicted molar refractivity (Wildman–Crippen MR) is 76.4 cm³/mol. The Hall–Kier alpha value is -1.13. The highest BCUT2D eigenvalue weighted by Gasteiger charge is 2.31. The molecule has 94 valence electrons. The Morgan fingerprint density at radius 3 is 3.22 bits per heavy atom. The fraction of sp³-hybridized carbons (Fsp3) is 0.500. The topological polar surface area (TPSA) is 19.4 Å². The summed E-state index contributed by atoms with van der Waals surface area (Å²) in [5.41, 5.74) is 0. The molecule has 2 fully saturated rings. The van der Waals surface area contributed by atoms with Gasteiger partial charge in [0.15, 0.2) is 0 Å². The van der Waals surface area contributed by atoms with Crippen LogP contribution in [0.5, 0.6) is 0 Å². The zero-order valence-electron chi connectivity index (χ0n) is 10.4. The van der Waals surface area contributed by atoms with E-state index in [1.54, 1.807) is 0 Å². The SMILES string of the molecule is c1cc2ccsc2c(N2CCN3CCC[C@H]3C2)n1. The van der Waals surface area contributed by atoms with Crippen molar-refractivity contribution < 1.29 is 0 Å². The van der Waals surface area contributed by atoms with Crippen molar-refractivity contribution >= 4 is 27.2 Å². The number of piperazine rings is 1. The molecule has 0 spiro atoms. The van der Waals surface area contributed by atoms with Gasteiger partial charge in [-0.1, -0.05) is 0 Å². The molecule has 4 heterocycles. The van der Waals surface area contributed by atoms with E-state index in [0.29, 0.717) is 0 Å². The maximum absolute atomic E-state index is 4.63. The largest absolute Gasteiger partial charge is 0.353 e. The molecular formula is C14H17N3S. The second-order valence-electron chi connectivity index (χ2n) is 5.25. The average Bonchev–Trinajstić information content (AvgIpc) is 3.05. The van der Waals surface area contributed by atoms with Crippen molar-refractivity contribution in [2.45, 2.75) is 18.9 Å². The van der Waals surface area contributed by atoms with Gasteiger partial charge in [0.25, 0.3) is 0 Å². The van der Waals surface area contributed by atoms with Gasteiger partial charge in [-0.05, 0) is 42.3 Å². The van der Waals surface area contributed by atoms with Crippen LogP contribution in [0, 0.1) is 0 Å². The summed E-state index contributed by atoms with van der Waals surface area (Å²) in [7, 11) is 0. The lowest BCUT2D eigenvalue weighted by Crippen LogP contribution is -2.50. The Labute approximate surface area is 111 Å². The second kappa shape index (κ2) is 4.21. The molecule has 0 aliphatic carbocycles. The molecule has 2 aromatic rings. The molecule has 3 nitrogen and oxygen atoms in total. The number of nitrogens with zero attached hydrogens (tertiary/aromatic N) is 3. The third-order valence-electron chi connectivity index (χ3n) is 4.24. The Balaban J connectivity index is 1.68. The van der Waals surface area contributed by atoms with Crippen LogP contribution in [0.4, 0.5) is 5.82 Å². The van der Waals surface area contributed by atoms with Crippen molar-refractivity contribution in [3.63, 3.8) is 0 Å². The molecule has 0 aromatic carbocycles. The number of anilines is 1. The fourth-order valence-corrected chi connectivity index (χ4v) is 4.20. The summed E-state index contributed by atoms with van der Waals surface area (Å²) >= 11 is 1.82. The van der Waals surface area contributed by atoms with Gasteiger partial charge in [0.2, 0.25) is 0 Å². The highest BCUT2D eigenvalue weighted by Crippen LogP contribution is 2.32.